The lowest BCUT2D eigenvalue weighted by molar-refractivity contribution is 0.406. The monoisotopic (exact) mass is 275 g/mol. The molecule has 1 aromatic rings. The van der Waals surface area contributed by atoms with Crippen LogP contribution in [0.15, 0.2) is 0 Å². The number of nitrogens with zero attached hydrogens (tertiary/aromatic N) is 2. The quantitative estimate of drug-likeness (QED) is 0.882. The number of hydrogen-bond donors (Lipinski definition) is 1. The standard InChI is InChI=1S/C17H29N3/c1-3-7-14(4-2)20-16-10-11-18-12-15(16)19-17(20)13-8-5-6-9-13/h13-14,18H,3-12H2,1-2H3. The van der Waals surface area contributed by atoms with Gasteiger partial charge in [-0.3, -0.25) is 0 Å². The molecule has 0 aromatic carbocycles. The SMILES string of the molecule is CCCC(CC)n1c(C2CCCC2)nc2c1CCNC2. The Morgan fingerprint density at radius 1 is 1.30 bits per heavy atom. The molecule has 1 aliphatic heterocycles. The maximum Gasteiger partial charge on any atom is 0.112 e. The van der Waals surface area contributed by atoms with Crippen LogP contribution in [0.3, 0.4) is 0 Å². The topological polar surface area (TPSA) is 29.9 Å². The van der Waals surface area contributed by atoms with Gasteiger partial charge in [-0.05, 0) is 25.7 Å². The van der Waals surface area contributed by atoms with Crippen LogP contribution < -0.4 is 5.32 Å². The highest BCUT2D eigenvalue weighted by molar-refractivity contribution is 5.23. The third kappa shape index (κ3) is 2.52. The second-order valence-corrected chi connectivity index (χ2v) is 6.49. The predicted octanol–water partition coefficient (Wildman–Crippen LogP) is 3.94. The first kappa shape index (κ1) is 14.1. The lowest BCUT2D eigenvalue weighted by atomic mass is 10.0. The summed E-state index contributed by atoms with van der Waals surface area (Å²) in [7, 11) is 0. The minimum absolute atomic E-state index is 0.671. The minimum atomic E-state index is 0.671. The molecule has 112 valence electrons. The van der Waals surface area contributed by atoms with E-state index in [0.717, 1.165) is 25.4 Å². The highest BCUT2D eigenvalue weighted by Gasteiger charge is 2.29. The van der Waals surface area contributed by atoms with E-state index < -0.39 is 0 Å². The molecule has 0 bridgehead atoms. The smallest absolute Gasteiger partial charge is 0.112 e. The Hall–Kier alpha value is -0.830. The summed E-state index contributed by atoms with van der Waals surface area (Å²) in [6.45, 7) is 6.74. The number of hydrogen-bond acceptors (Lipinski definition) is 2. The van der Waals surface area contributed by atoms with Gasteiger partial charge in [-0.2, -0.15) is 0 Å². The van der Waals surface area contributed by atoms with Gasteiger partial charge in [-0.1, -0.05) is 33.1 Å². The number of rotatable bonds is 5. The van der Waals surface area contributed by atoms with Gasteiger partial charge in [0.25, 0.3) is 0 Å². The molecule has 3 rings (SSSR count). The largest absolute Gasteiger partial charge is 0.328 e. The third-order valence-electron chi connectivity index (χ3n) is 5.13. The summed E-state index contributed by atoms with van der Waals surface area (Å²) >= 11 is 0. The molecule has 1 saturated carbocycles. The van der Waals surface area contributed by atoms with Crippen LogP contribution >= 0.6 is 0 Å². The summed E-state index contributed by atoms with van der Waals surface area (Å²) in [4.78, 5) is 5.08. The highest BCUT2D eigenvalue weighted by Crippen LogP contribution is 2.37. The molecule has 1 aliphatic carbocycles. The van der Waals surface area contributed by atoms with Gasteiger partial charge < -0.3 is 9.88 Å². The number of imidazole rings is 1. The van der Waals surface area contributed by atoms with Crippen molar-refractivity contribution in [2.45, 2.75) is 83.7 Å². The van der Waals surface area contributed by atoms with Crippen molar-refractivity contribution < 1.29 is 0 Å². The van der Waals surface area contributed by atoms with Gasteiger partial charge in [0.15, 0.2) is 0 Å². The van der Waals surface area contributed by atoms with Crippen LogP contribution in [0, 0.1) is 0 Å². The highest BCUT2D eigenvalue weighted by atomic mass is 15.1. The van der Waals surface area contributed by atoms with Gasteiger partial charge in [0.1, 0.15) is 5.82 Å². The molecule has 1 aromatic heterocycles. The zero-order chi connectivity index (χ0) is 13.9. The molecule has 0 saturated heterocycles. The average molecular weight is 275 g/mol. The van der Waals surface area contributed by atoms with Crippen LogP contribution in [0.1, 0.15) is 88.0 Å². The minimum Gasteiger partial charge on any atom is -0.328 e. The van der Waals surface area contributed by atoms with Crippen LogP contribution in [0.2, 0.25) is 0 Å². The lowest BCUT2D eigenvalue weighted by Crippen LogP contribution is -2.26. The summed E-state index contributed by atoms with van der Waals surface area (Å²) < 4.78 is 2.68. The summed E-state index contributed by atoms with van der Waals surface area (Å²) in [6.07, 6.45) is 10.5. The van der Waals surface area contributed by atoms with E-state index in [2.05, 4.69) is 23.7 Å². The van der Waals surface area contributed by atoms with Crippen LogP contribution in [-0.2, 0) is 13.0 Å². The summed E-state index contributed by atoms with van der Waals surface area (Å²) in [6, 6.07) is 0.671. The molecule has 20 heavy (non-hydrogen) atoms. The fraction of sp³-hybridized carbons (Fsp3) is 0.824. The van der Waals surface area contributed by atoms with Gasteiger partial charge >= 0.3 is 0 Å². The van der Waals surface area contributed by atoms with Gasteiger partial charge in [0, 0.05) is 37.2 Å². The predicted molar refractivity (Wildman–Crippen MR) is 83.1 cm³/mol. The van der Waals surface area contributed by atoms with Crippen molar-refractivity contribution in [3.63, 3.8) is 0 Å². The molecule has 0 spiro atoms. The van der Waals surface area contributed by atoms with Crippen LogP contribution in [0.4, 0.5) is 0 Å². The normalized spacial score (nSPS) is 21.1. The van der Waals surface area contributed by atoms with Crippen molar-refractivity contribution in [2.75, 3.05) is 6.54 Å². The molecule has 2 heterocycles. The van der Waals surface area contributed by atoms with Crippen LogP contribution in [0.25, 0.3) is 0 Å². The van der Waals surface area contributed by atoms with E-state index in [9.17, 15) is 0 Å². The van der Waals surface area contributed by atoms with E-state index in [0.29, 0.717) is 6.04 Å². The van der Waals surface area contributed by atoms with Gasteiger partial charge in [0.05, 0.1) is 5.69 Å². The Bertz CT molecular complexity index is 443. The van der Waals surface area contributed by atoms with Crippen molar-refractivity contribution in [1.29, 1.82) is 0 Å². The molecule has 1 fully saturated rings. The van der Waals surface area contributed by atoms with Gasteiger partial charge in [0.2, 0.25) is 0 Å². The molecule has 1 atom stereocenters. The number of nitrogens with one attached hydrogen (secondary N) is 1. The van der Waals surface area contributed by atoms with E-state index in [-0.39, 0.29) is 0 Å². The Morgan fingerprint density at radius 2 is 2.10 bits per heavy atom. The van der Waals surface area contributed by atoms with E-state index in [1.54, 1.807) is 5.69 Å². The Balaban J connectivity index is 2.00. The van der Waals surface area contributed by atoms with E-state index in [1.807, 2.05) is 0 Å². The second-order valence-electron chi connectivity index (χ2n) is 6.49. The van der Waals surface area contributed by atoms with E-state index in [4.69, 9.17) is 4.98 Å². The molecule has 2 aliphatic rings. The number of fused-ring (bicyclic) bond motifs is 1. The third-order valence-corrected chi connectivity index (χ3v) is 5.13. The van der Waals surface area contributed by atoms with Crippen molar-refractivity contribution in [2.24, 2.45) is 0 Å². The van der Waals surface area contributed by atoms with Crippen LogP contribution in [-0.4, -0.2) is 16.1 Å². The molecule has 1 N–H and O–H groups in total. The molecule has 0 amide bonds. The second kappa shape index (κ2) is 6.30. The lowest BCUT2D eigenvalue weighted by Gasteiger charge is -2.25. The maximum atomic E-state index is 5.08. The molecule has 3 heteroatoms. The van der Waals surface area contributed by atoms with Crippen molar-refractivity contribution >= 4 is 0 Å². The molecular weight excluding hydrogens is 246 g/mol. The molecule has 1 unspecified atom stereocenters. The Labute approximate surface area is 123 Å². The summed E-state index contributed by atoms with van der Waals surface area (Å²) in [5.41, 5.74) is 2.89. The average Bonchev–Trinajstić information content (AvgIpc) is 3.11. The Morgan fingerprint density at radius 3 is 2.80 bits per heavy atom. The van der Waals surface area contributed by atoms with Crippen molar-refractivity contribution in [1.82, 2.24) is 14.9 Å². The number of aromatic nitrogens is 2. The van der Waals surface area contributed by atoms with E-state index >= 15 is 0 Å². The first-order valence-corrected chi connectivity index (χ1v) is 8.65. The fourth-order valence-corrected chi connectivity index (χ4v) is 4.08. The first-order valence-electron chi connectivity index (χ1n) is 8.65. The van der Waals surface area contributed by atoms with E-state index in [1.165, 1.54) is 56.5 Å². The maximum absolute atomic E-state index is 5.08. The molecule has 0 radical (unpaired) electrons. The molecule has 3 nitrogen and oxygen atoms in total. The van der Waals surface area contributed by atoms with Crippen molar-refractivity contribution in [3.8, 4) is 0 Å². The van der Waals surface area contributed by atoms with Crippen molar-refractivity contribution in [3.05, 3.63) is 17.2 Å². The van der Waals surface area contributed by atoms with Gasteiger partial charge in [-0.15, -0.1) is 0 Å². The zero-order valence-corrected chi connectivity index (χ0v) is 13.1. The fourth-order valence-electron chi connectivity index (χ4n) is 4.08. The summed E-state index contributed by atoms with van der Waals surface area (Å²) in [5, 5.41) is 3.49. The molecular formula is C17H29N3. The zero-order valence-electron chi connectivity index (χ0n) is 13.1. The summed E-state index contributed by atoms with van der Waals surface area (Å²) in [5.74, 6) is 2.16. The van der Waals surface area contributed by atoms with Crippen LogP contribution in [0.5, 0.6) is 0 Å². The first-order chi connectivity index (χ1) is 9.85. The Kier molecular flexibility index (Phi) is 4.45. The van der Waals surface area contributed by atoms with Gasteiger partial charge in [-0.25, -0.2) is 4.98 Å².